The summed E-state index contributed by atoms with van der Waals surface area (Å²) < 4.78 is 0. The quantitative estimate of drug-likeness (QED) is 0.796. The molecule has 2 aliphatic carbocycles. The van der Waals surface area contributed by atoms with Crippen LogP contribution in [0.4, 0.5) is 0 Å². The van der Waals surface area contributed by atoms with E-state index in [0.717, 1.165) is 18.8 Å². The van der Waals surface area contributed by atoms with Crippen LogP contribution in [-0.2, 0) is 4.79 Å². The van der Waals surface area contributed by atoms with Gasteiger partial charge in [-0.1, -0.05) is 24.6 Å². The zero-order chi connectivity index (χ0) is 13.2. The molecule has 3 rings (SSSR count). The van der Waals surface area contributed by atoms with Crippen LogP contribution in [0.15, 0.2) is 30.3 Å². The molecule has 0 saturated heterocycles. The maximum Gasteiger partial charge on any atom is 0.269 e. The monoisotopic (exact) mass is 258 g/mol. The number of nitrogens with one attached hydrogen (secondary N) is 2. The molecule has 2 saturated carbocycles. The highest BCUT2D eigenvalue weighted by atomic mass is 16.2. The molecule has 2 fully saturated rings. The van der Waals surface area contributed by atoms with Crippen molar-refractivity contribution < 1.29 is 9.59 Å². The Kier molecular flexibility index (Phi) is 3.23. The van der Waals surface area contributed by atoms with Crippen molar-refractivity contribution in [1.82, 2.24) is 10.9 Å². The topological polar surface area (TPSA) is 58.2 Å². The van der Waals surface area contributed by atoms with Gasteiger partial charge in [0.1, 0.15) is 0 Å². The SMILES string of the molecule is O=C(NNC(=O)[C@@H]1C[C@H]2CC[C@H]1C2)c1ccccc1. The van der Waals surface area contributed by atoms with Gasteiger partial charge in [0.25, 0.3) is 5.91 Å². The van der Waals surface area contributed by atoms with E-state index >= 15 is 0 Å². The van der Waals surface area contributed by atoms with Crippen LogP contribution in [0.1, 0.15) is 36.0 Å². The maximum absolute atomic E-state index is 12.0. The third kappa shape index (κ3) is 2.48. The molecule has 3 atom stereocenters. The van der Waals surface area contributed by atoms with E-state index in [1.54, 1.807) is 24.3 Å². The van der Waals surface area contributed by atoms with Gasteiger partial charge in [0, 0.05) is 11.5 Å². The Balaban J connectivity index is 1.52. The van der Waals surface area contributed by atoms with E-state index in [-0.39, 0.29) is 17.7 Å². The van der Waals surface area contributed by atoms with E-state index in [9.17, 15) is 9.59 Å². The highest BCUT2D eigenvalue weighted by molar-refractivity contribution is 5.95. The Morgan fingerprint density at radius 1 is 1.00 bits per heavy atom. The molecule has 0 spiro atoms. The molecule has 0 aromatic heterocycles. The molecule has 2 aliphatic rings. The van der Waals surface area contributed by atoms with E-state index < -0.39 is 0 Å². The van der Waals surface area contributed by atoms with Crippen LogP contribution in [0.3, 0.4) is 0 Å². The van der Waals surface area contributed by atoms with Gasteiger partial charge < -0.3 is 0 Å². The molecule has 4 heteroatoms. The number of hydrogen-bond donors (Lipinski definition) is 2. The van der Waals surface area contributed by atoms with Crippen molar-refractivity contribution in [2.75, 3.05) is 0 Å². The van der Waals surface area contributed by atoms with Crippen LogP contribution in [-0.4, -0.2) is 11.8 Å². The number of fused-ring (bicyclic) bond motifs is 2. The average molecular weight is 258 g/mol. The van der Waals surface area contributed by atoms with E-state index in [1.165, 1.54) is 12.8 Å². The third-order valence-electron chi connectivity index (χ3n) is 4.41. The molecule has 0 radical (unpaired) electrons. The summed E-state index contributed by atoms with van der Waals surface area (Å²) in [6.07, 6.45) is 4.60. The normalized spacial score (nSPS) is 28.1. The van der Waals surface area contributed by atoms with Crippen molar-refractivity contribution >= 4 is 11.8 Å². The van der Waals surface area contributed by atoms with Gasteiger partial charge in [-0.2, -0.15) is 0 Å². The highest BCUT2D eigenvalue weighted by Crippen LogP contribution is 2.48. The number of hydrogen-bond acceptors (Lipinski definition) is 2. The Morgan fingerprint density at radius 2 is 1.79 bits per heavy atom. The fraction of sp³-hybridized carbons (Fsp3) is 0.467. The first-order chi connectivity index (χ1) is 9.24. The first-order valence-corrected chi connectivity index (χ1v) is 6.89. The van der Waals surface area contributed by atoms with E-state index in [4.69, 9.17) is 0 Å². The lowest BCUT2D eigenvalue weighted by Gasteiger charge is -2.20. The standard InChI is InChI=1S/C15H18N2O2/c18-14(11-4-2-1-3-5-11)16-17-15(19)13-9-10-6-7-12(13)8-10/h1-5,10,12-13H,6-9H2,(H,16,18)(H,17,19)/t10-,12-,13+/m0/s1. The van der Waals surface area contributed by atoms with Crippen LogP contribution in [0.2, 0.25) is 0 Å². The summed E-state index contributed by atoms with van der Waals surface area (Å²) in [6, 6.07) is 8.89. The van der Waals surface area contributed by atoms with Gasteiger partial charge in [0.05, 0.1) is 0 Å². The minimum absolute atomic E-state index is 0.0310. The summed E-state index contributed by atoms with van der Waals surface area (Å²) in [4.78, 5) is 23.8. The predicted molar refractivity (Wildman–Crippen MR) is 71.0 cm³/mol. The molecule has 2 amide bonds. The first-order valence-electron chi connectivity index (χ1n) is 6.89. The fourth-order valence-corrected chi connectivity index (χ4v) is 3.44. The van der Waals surface area contributed by atoms with Gasteiger partial charge in [-0.3, -0.25) is 20.4 Å². The number of amides is 2. The van der Waals surface area contributed by atoms with E-state index in [1.807, 2.05) is 6.07 Å². The zero-order valence-electron chi connectivity index (χ0n) is 10.8. The molecular weight excluding hydrogens is 240 g/mol. The zero-order valence-corrected chi connectivity index (χ0v) is 10.8. The predicted octanol–water partition coefficient (Wildman–Crippen LogP) is 1.88. The lowest BCUT2D eigenvalue weighted by molar-refractivity contribution is -0.127. The average Bonchev–Trinajstić information content (AvgIpc) is 3.08. The van der Waals surface area contributed by atoms with Crippen molar-refractivity contribution in [3.63, 3.8) is 0 Å². The summed E-state index contributed by atoms with van der Waals surface area (Å²) >= 11 is 0. The highest BCUT2D eigenvalue weighted by Gasteiger charge is 2.43. The Hall–Kier alpha value is -1.84. The van der Waals surface area contributed by atoms with Gasteiger partial charge >= 0.3 is 0 Å². The van der Waals surface area contributed by atoms with Gasteiger partial charge in [-0.25, -0.2) is 0 Å². The first kappa shape index (κ1) is 12.2. The molecule has 1 aromatic carbocycles. The summed E-state index contributed by atoms with van der Waals surface area (Å²) in [5.74, 6) is 1.05. The van der Waals surface area contributed by atoms with Crippen molar-refractivity contribution in [2.45, 2.75) is 25.7 Å². The molecular formula is C15H18N2O2. The van der Waals surface area contributed by atoms with E-state index in [2.05, 4.69) is 10.9 Å². The van der Waals surface area contributed by atoms with Crippen LogP contribution >= 0.6 is 0 Å². The Morgan fingerprint density at radius 3 is 2.42 bits per heavy atom. The molecule has 2 N–H and O–H groups in total. The minimum Gasteiger partial charge on any atom is -0.273 e. The molecule has 19 heavy (non-hydrogen) atoms. The lowest BCUT2D eigenvalue weighted by atomic mass is 9.88. The summed E-state index contributed by atoms with van der Waals surface area (Å²) in [7, 11) is 0. The Bertz CT molecular complexity index is 486. The molecule has 2 bridgehead atoms. The van der Waals surface area contributed by atoms with Crippen LogP contribution in [0.25, 0.3) is 0 Å². The summed E-state index contributed by atoms with van der Waals surface area (Å²) in [5, 5.41) is 0. The molecule has 0 unspecified atom stereocenters. The smallest absolute Gasteiger partial charge is 0.269 e. The van der Waals surface area contributed by atoms with Crippen LogP contribution in [0, 0.1) is 17.8 Å². The molecule has 0 aliphatic heterocycles. The molecule has 0 heterocycles. The Labute approximate surface area is 112 Å². The van der Waals surface area contributed by atoms with Gasteiger partial charge in [-0.15, -0.1) is 0 Å². The molecule has 100 valence electrons. The largest absolute Gasteiger partial charge is 0.273 e. The second-order valence-corrected chi connectivity index (χ2v) is 5.59. The van der Waals surface area contributed by atoms with Crippen molar-refractivity contribution in [2.24, 2.45) is 17.8 Å². The van der Waals surface area contributed by atoms with Crippen LogP contribution < -0.4 is 10.9 Å². The van der Waals surface area contributed by atoms with E-state index in [0.29, 0.717) is 11.5 Å². The summed E-state index contributed by atoms with van der Waals surface area (Å²) in [5.41, 5.74) is 5.62. The lowest BCUT2D eigenvalue weighted by Crippen LogP contribution is -2.45. The number of hydrazine groups is 1. The molecule has 1 aromatic rings. The van der Waals surface area contributed by atoms with Crippen molar-refractivity contribution in [3.05, 3.63) is 35.9 Å². The van der Waals surface area contributed by atoms with Gasteiger partial charge in [-0.05, 0) is 43.2 Å². The second kappa shape index (κ2) is 5.03. The number of carbonyl (C=O) groups excluding carboxylic acids is 2. The van der Waals surface area contributed by atoms with Crippen molar-refractivity contribution in [1.29, 1.82) is 0 Å². The maximum atomic E-state index is 12.0. The number of rotatable bonds is 2. The van der Waals surface area contributed by atoms with Crippen molar-refractivity contribution in [3.8, 4) is 0 Å². The number of carbonyl (C=O) groups is 2. The van der Waals surface area contributed by atoms with Gasteiger partial charge in [0.2, 0.25) is 5.91 Å². The second-order valence-electron chi connectivity index (χ2n) is 5.59. The van der Waals surface area contributed by atoms with Crippen LogP contribution in [0.5, 0.6) is 0 Å². The minimum atomic E-state index is -0.267. The van der Waals surface area contributed by atoms with Gasteiger partial charge in [0.15, 0.2) is 0 Å². The summed E-state index contributed by atoms with van der Waals surface area (Å²) in [6.45, 7) is 0. The molecule has 4 nitrogen and oxygen atoms in total. The third-order valence-corrected chi connectivity index (χ3v) is 4.41. The fourth-order valence-electron chi connectivity index (χ4n) is 3.44. The number of benzene rings is 1.